The third-order valence-corrected chi connectivity index (χ3v) is 4.42. The maximum atomic E-state index is 13.4. The van der Waals surface area contributed by atoms with Gasteiger partial charge in [0.2, 0.25) is 5.91 Å². The minimum Gasteiger partial charge on any atom is -0.399 e. The zero-order chi connectivity index (χ0) is 15.9. The molecule has 1 aromatic rings. The van der Waals surface area contributed by atoms with Crippen molar-refractivity contribution >= 4 is 27.1 Å². The van der Waals surface area contributed by atoms with E-state index < -0.39 is 21.6 Å². The first-order chi connectivity index (χ1) is 9.84. The second kappa shape index (κ2) is 7.94. The SMILES string of the molecule is COCCS(=O)(=O)CCCC(=O)Nc1cc(N)ccc1F. The van der Waals surface area contributed by atoms with Crippen molar-refractivity contribution < 1.29 is 22.3 Å². The fourth-order valence-electron chi connectivity index (χ4n) is 1.62. The summed E-state index contributed by atoms with van der Waals surface area (Å²) in [4.78, 5) is 11.6. The van der Waals surface area contributed by atoms with Gasteiger partial charge in [-0.2, -0.15) is 0 Å². The van der Waals surface area contributed by atoms with Gasteiger partial charge in [0.15, 0.2) is 9.84 Å². The van der Waals surface area contributed by atoms with Gasteiger partial charge in [-0.15, -0.1) is 0 Å². The van der Waals surface area contributed by atoms with Crippen LogP contribution in [0.2, 0.25) is 0 Å². The zero-order valence-corrected chi connectivity index (χ0v) is 12.6. The van der Waals surface area contributed by atoms with Crippen LogP contribution in [0.1, 0.15) is 12.8 Å². The van der Waals surface area contributed by atoms with Gasteiger partial charge in [-0.25, -0.2) is 12.8 Å². The van der Waals surface area contributed by atoms with Crippen LogP contribution in [0.15, 0.2) is 18.2 Å². The minimum absolute atomic E-state index is 0.0118. The molecule has 0 heterocycles. The number of halogens is 1. The standard InChI is InChI=1S/C13H19FN2O4S/c1-20-6-8-21(18,19)7-2-3-13(17)16-12-9-10(15)4-5-11(12)14/h4-5,9H,2-3,6-8,15H2,1H3,(H,16,17). The van der Waals surface area contributed by atoms with Gasteiger partial charge >= 0.3 is 0 Å². The van der Waals surface area contributed by atoms with Crippen LogP contribution in [0.5, 0.6) is 0 Å². The highest BCUT2D eigenvalue weighted by Crippen LogP contribution is 2.17. The Morgan fingerprint density at radius 1 is 1.38 bits per heavy atom. The Labute approximate surface area is 123 Å². The number of amides is 1. The van der Waals surface area contributed by atoms with Crippen LogP contribution in [-0.4, -0.2) is 39.5 Å². The molecule has 0 unspecified atom stereocenters. The molecule has 1 aromatic carbocycles. The smallest absolute Gasteiger partial charge is 0.224 e. The maximum absolute atomic E-state index is 13.4. The molecule has 0 saturated carbocycles. The lowest BCUT2D eigenvalue weighted by Crippen LogP contribution is -2.18. The Morgan fingerprint density at radius 2 is 2.10 bits per heavy atom. The lowest BCUT2D eigenvalue weighted by atomic mass is 10.2. The molecular weight excluding hydrogens is 299 g/mol. The predicted octanol–water partition coefficient (Wildman–Crippen LogP) is 1.19. The first-order valence-electron chi connectivity index (χ1n) is 6.38. The molecule has 3 N–H and O–H groups in total. The van der Waals surface area contributed by atoms with E-state index in [1.165, 1.54) is 19.2 Å². The van der Waals surface area contributed by atoms with Crippen molar-refractivity contribution in [2.45, 2.75) is 12.8 Å². The number of anilines is 2. The first-order valence-corrected chi connectivity index (χ1v) is 8.20. The van der Waals surface area contributed by atoms with E-state index in [1.807, 2.05) is 0 Å². The van der Waals surface area contributed by atoms with Crippen molar-refractivity contribution in [1.29, 1.82) is 0 Å². The predicted molar refractivity (Wildman–Crippen MR) is 79.2 cm³/mol. The highest BCUT2D eigenvalue weighted by molar-refractivity contribution is 7.91. The van der Waals surface area contributed by atoms with E-state index in [-0.39, 0.29) is 36.6 Å². The van der Waals surface area contributed by atoms with Gasteiger partial charge in [0.05, 0.1) is 23.8 Å². The Kier molecular flexibility index (Phi) is 6.57. The topological polar surface area (TPSA) is 98.5 Å². The highest BCUT2D eigenvalue weighted by atomic mass is 32.2. The fraction of sp³-hybridized carbons (Fsp3) is 0.462. The fourth-order valence-corrected chi connectivity index (χ4v) is 2.83. The number of nitrogens with two attached hydrogens (primary N) is 1. The number of hydrogen-bond acceptors (Lipinski definition) is 5. The quantitative estimate of drug-likeness (QED) is 0.702. The molecule has 21 heavy (non-hydrogen) atoms. The average Bonchev–Trinajstić information content (AvgIpc) is 2.40. The van der Waals surface area contributed by atoms with Crippen LogP contribution in [-0.2, 0) is 19.4 Å². The molecule has 0 bridgehead atoms. The summed E-state index contributed by atoms with van der Waals surface area (Å²) in [6.45, 7) is 0.128. The summed E-state index contributed by atoms with van der Waals surface area (Å²) in [5, 5.41) is 2.37. The normalized spacial score (nSPS) is 11.3. The van der Waals surface area contributed by atoms with Crippen molar-refractivity contribution in [2.75, 3.05) is 36.3 Å². The number of carbonyl (C=O) groups excluding carboxylic acids is 1. The Bertz CT molecular complexity index is 590. The van der Waals surface area contributed by atoms with Crippen LogP contribution in [0.25, 0.3) is 0 Å². The number of hydrogen-bond donors (Lipinski definition) is 2. The molecule has 0 aliphatic rings. The molecule has 0 fully saturated rings. The number of sulfone groups is 1. The molecule has 6 nitrogen and oxygen atoms in total. The number of nitrogen functional groups attached to an aromatic ring is 1. The largest absolute Gasteiger partial charge is 0.399 e. The average molecular weight is 318 g/mol. The second-order valence-electron chi connectivity index (χ2n) is 4.54. The van der Waals surface area contributed by atoms with Crippen molar-refractivity contribution in [1.82, 2.24) is 0 Å². The number of methoxy groups -OCH3 is 1. The van der Waals surface area contributed by atoms with Crippen molar-refractivity contribution in [2.24, 2.45) is 0 Å². The van der Waals surface area contributed by atoms with Gasteiger partial charge in [0.25, 0.3) is 0 Å². The molecule has 0 saturated heterocycles. The maximum Gasteiger partial charge on any atom is 0.224 e. The minimum atomic E-state index is -3.23. The Morgan fingerprint density at radius 3 is 2.76 bits per heavy atom. The van der Waals surface area contributed by atoms with Gasteiger partial charge < -0.3 is 15.8 Å². The van der Waals surface area contributed by atoms with E-state index in [9.17, 15) is 17.6 Å². The third-order valence-electron chi connectivity index (χ3n) is 2.72. The third kappa shape index (κ3) is 6.54. The lowest BCUT2D eigenvalue weighted by Gasteiger charge is -2.07. The molecule has 1 amide bonds. The number of benzene rings is 1. The molecule has 0 aliphatic carbocycles. The number of nitrogens with one attached hydrogen (secondary N) is 1. The van der Waals surface area contributed by atoms with Crippen LogP contribution in [0.4, 0.5) is 15.8 Å². The summed E-state index contributed by atoms with van der Waals surface area (Å²) in [6, 6.07) is 3.84. The van der Waals surface area contributed by atoms with Crippen LogP contribution in [0.3, 0.4) is 0 Å². The van der Waals surface area contributed by atoms with Gasteiger partial charge in [-0.3, -0.25) is 4.79 Å². The van der Waals surface area contributed by atoms with E-state index >= 15 is 0 Å². The van der Waals surface area contributed by atoms with Gasteiger partial charge in [0.1, 0.15) is 5.82 Å². The molecule has 0 spiro atoms. The number of ether oxygens (including phenoxy) is 1. The van der Waals surface area contributed by atoms with E-state index in [4.69, 9.17) is 10.5 Å². The van der Waals surface area contributed by atoms with Crippen LogP contribution >= 0.6 is 0 Å². The van der Waals surface area contributed by atoms with Crippen LogP contribution < -0.4 is 11.1 Å². The molecular formula is C13H19FN2O4S. The van der Waals surface area contributed by atoms with E-state index in [1.54, 1.807) is 0 Å². The summed E-state index contributed by atoms with van der Waals surface area (Å²) in [5.41, 5.74) is 5.81. The highest BCUT2D eigenvalue weighted by Gasteiger charge is 2.12. The molecule has 0 radical (unpaired) electrons. The van der Waals surface area contributed by atoms with E-state index in [0.717, 1.165) is 6.07 Å². The van der Waals surface area contributed by atoms with Crippen molar-refractivity contribution in [3.8, 4) is 0 Å². The molecule has 118 valence electrons. The van der Waals surface area contributed by atoms with Gasteiger partial charge in [-0.05, 0) is 24.6 Å². The molecule has 0 atom stereocenters. The van der Waals surface area contributed by atoms with E-state index in [2.05, 4.69) is 5.32 Å². The van der Waals surface area contributed by atoms with Crippen molar-refractivity contribution in [3.05, 3.63) is 24.0 Å². The summed E-state index contributed by atoms with van der Waals surface area (Å²) >= 11 is 0. The zero-order valence-electron chi connectivity index (χ0n) is 11.8. The summed E-state index contributed by atoms with van der Waals surface area (Å²) in [5.74, 6) is -1.23. The molecule has 0 aromatic heterocycles. The summed E-state index contributed by atoms with van der Waals surface area (Å²) < 4.78 is 41.2. The number of carbonyl (C=O) groups is 1. The van der Waals surface area contributed by atoms with Gasteiger partial charge in [0, 0.05) is 19.2 Å². The Hall–Kier alpha value is -1.67. The monoisotopic (exact) mass is 318 g/mol. The second-order valence-corrected chi connectivity index (χ2v) is 6.84. The van der Waals surface area contributed by atoms with Crippen molar-refractivity contribution in [3.63, 3.8) is 0 Å². The van der Waals surface area contributed by atoms with Gasteiger partial charge in [-0.1, -0.05) is 0 Å². The molecule has 1 rings (SSSR count). The summed E-state index contributed by atoms with van der Waals surface area (Å²) in [7, 11) is -1.81. The van der Waals surface area contributed by atoms with Crippen LogP contribution in [0, 0.1) is 5.82 Å². The first kappa shape index (κ1) is 17.4. The summed E-state index contributed by atoms with van der Waals surface area (Å²) in [6.07, 6.45) is 0.155. The Balaban J connectivity index is 2.43. The number of rotatable bonds is 8. The molecule has 8 heteroatoms. The lowest BCUT2D eigenvalue weighted by molar-refractivity contribution is -0.116. The van der Waals surface area contributed by atoms with E-state index in [0.29, 0.717) is 5.69 Å². The molecule has 0 aliphatic heterocycles.